The number of nitriles is 1. The van der Waals surface area contributed by atoms with Gasteiger partial charge in [-0.1, -0.05) is 19.1 Å². The Morgan fingerprint density at radius 3 is 2.59 bits per heavy atom. The van der Waals surface area contributed by atoms with E-state index in [1.807, 2.05) is 13.0 Å². The van der Waals surface area contributed by atoms with Crippen molar-refractivity contribution in [1.29, 1.82) is 5.26 Å². The highest BCUT2D eigenvalue weighted by Crippen LogP contribution is 2.37. The van der Waals surface area contributed by atoms with Gasteiger partial charge < -0.3 is 0 Å². The van der Waals surface area contributed by atoms with E-state index in [1.54, 1.807) is 24.3 Å². The zero-order valence-electron chi connectivity index (χ0n) is 14.3. The molecule has 0 aromatic heterocycles. The number of nitrogens with zero attached hydrogens (tertiary/aromatic N) is 3. The minimum Gasteiger partial charge on any atom is -0.265 e. The second-order valence-corrected chi connectivity index (χ2v) is 6.24. The number of hydrazine groups is 1. The molecule has 7 heteroatoms. The van der Waals surface area contributed by atoms with Crippen molar-refractivity contribution < 1.29 is 13.6 Å². The fourth-order valence-electron chi connectivity index (χ4n) is 3.28. The number of fused-ring (bicyclic) bond motifs is 1. The average Bonchev–Trinajstić information content (AvgIpc) is 3.18. The van der Waals surface area contributed by atoms with Crippen molar-refractivity contribution >= 4 is 17.2 Å². The fourth-order valence-corrected chi connectivity index (χ4v) is 3.28. The van der Waals surface area contributed by atoms with Crippen molar-refractivity contribution in [2.75, 3.05) is 0 Å². The number of benzene rings is 2. The Hall–Kier alpha value is -3.37. The molecule has 2 aromatic carbocycles. The number of carbonyl (C=O) groups is 1. The number of hydrogen-bond donors (Lipinski definition) is 1. The molecule has 1 N–H and O–H groups in total. The van der Waals surface area contributed by atoms with Crippen molar-refractivity contribution in [2.24, 2.45) is 4.99 Å². The molecule has 0 fully saturated rings. The van der Waals surface area contributed by atoms with E-state index in [-0.39, 0.29) is 23.2 Å². The third-order valence-corrected chi connectivity index (χ3v) is 4.63. The molecule has 0 saturated heterocycles. The Bertz CT molecular complexity index is 1050. The molecule has 1 unspecified atom stereocenters. The van der Waals surface area contributed by atoms with Crippen LogP contribution in [0.15, 0.2) is 53.3 Å². The summed E-state index contributed by atoms with van der Waals surface area (Å²) in [5.41, 5.74) is 5.03. The fraction of sp³-hybridized carbons (Fsp3) is 0.150. The molecule has 2 heterocycles. The van der Waals surface area contributed by atoms with Crippen LogP contribution in [-0.2, 0) is 4.79 Å². The van der Waals surface area contributed by atoms with Gasteiger partial charge in [0.15, 0.2) is 5.82 Å². The maximum Gasteiger partial charge on any atom is 0.293 e. The Kier molecular flexibility index (Phi) is 4.05. The van der Waals surface area contributed by atoms with Crippen molar-refractivity contribution in [3.8, 4) is 6.07 Å². The van der Waals surface area contributed by atoms with E-state index in [0.29, 0.717) is 28.9 Å². The third kappa shape index (κ3) is 2.71. The zero-order valence-corrected chi connectivity index (χ0v) is 14.3. The van der Waals surface area contributed by atoms with Crippen LogP contribution in [0.5, 0.6) is 0 Å². The molecule has 5 nitrogen and oxygen atoms in total. The quantitative estimate of drug-likeness (QED) is 0.910. The summed E-state index contributed by atoms with van der Waals surface area (Å²) in [6.45, 7) is 1.90. The highest BCUT2D eigenvalue weighted by Gasteiger charge is 2.42. The number of rotatable bonds is 3. The van der Waals surface area contributed by atoms with E-state index in [2.05, 4.69) is 10.4 Å². The number of hydrogen-bond acceptors (Lipinski definition) is 4. The highest BCUT2D eigenvalue weighted by atomic mass is 19.1. The molecule has 4 rings (SSSR count). The van der Waals surface area contributed by atoms with E-state index >= 15 is 0 Å². The molecule has 27 heavy (non-hydrogen) atoms. The molecule has 0 aliphatic carbocycles. The predicted molar refractivity (Wildman–Crippen MR) is 95.0 cm³/mol. The number of aliphatic imine (C=N–C) groups is 1. The van der Waals surface area contributed by atoms with Crippen LogP contribution < -0.4 is 5.43 Å². The number of carbonyl (C=O) groups excluding carboxylic acids is 1. The van der Waals surface area contributed by atoms with Crippen LogP contribution >= 0.6 is 0 Å². The van der Waals surface area contributed by atoms with E-state index in [9.17, 15) is 13.6 Å². The molecule has 1 atom stereocenters. The Labute approximate surface area is 154 Å². The first kappa shape index (κ1) is 17.1. The smallest absolute Gasteiger partial charge is 0.265 e. The monoisotopic (exact) mass is 364 g/mol. The van der Waals surface area contributed by atoms with Crippen molar-refractivity contribution in [1.82, 2.24) is 10.4 Å². The van der Waals surface area contributed by atoms with Gasteiger partial charge in [-0.2, -0.15) is 5.26 Å². The molecular weight excluding hydrogens is 350 g/mol. The maximum absolute atomic E-state index is 14.4. The van der Waals surface area contributed by atoms with Crippen molar-refractivity contribution in [3.05, 3.63) is 76.6 Å². The molecule has 0 bridgehead atoms. The van der Waals surface area contributed by atoms with E-state index in [1.165, 1.54) is 17.1 Å². The number of amides is 1. The molecule has 0 radical (unpaired) electrons. The molecule has 1 amide bonds. The number of nitrogens with one attached hydrogen (secondary N) is 1. The molecule has 2 aliphatic heterocycles. The van der Waals surface area contributed by atoms with Gasteiger partial charge in [-0.15, -0.1) is 0 Å². The standard InChI is InChI=1S/C20H14F2N4O/c1-2-16-17(14-8-7-13(21)9-15(14)22)19-24-18(20(27)26(19)25-16)12-5-3-11(10-23)4-6-12/h3-9,16,25H,2H2,1H3. The second-order valence-electron chi connectivity index (χ2n) is 6.24. The van der Waals surface area contributed by atoms with E-state index in [0.717, 1.165) is 6.07 Å². The minimum absolute atomic E-state index is 0.205. The molecule has 2 aromatic rings. The summed E-state index contributed by atoms with van der Waals surface area (Å²) >= 11 is 0. The lowest BCUT2D eigenvalue weighted by molar-refractivity contribution is -0.123. The minimum atomic E-state index is -0.700. The summed E-state index contributed by atoms with van der Waals surface area (Å²) < 4.78 is 27.7. The number of halogens is 2. The van der Waals surface area contributed by atoms with Crippen LogP contribution in [0.25, 0.3) is 5.57 Å². The summed E-state index contributed by atoms with van der Waals surface area (Å²) in [6.07, 6.45) is 0.598. The van der Waals surface area contributed by atoms with Gasteiger partial charge in [0, 0.05) is 22.8 Å². The Morgan fingerprint density at radius 1 is 1.22 bits per heavy atom. The molecular formula is C20H14F2N4O. The van der Waals surface area contributed by atoms with Crippen LogP contribution in [0.3, 0.4) is 0 Å². The van der Waals surface area contributed by atoms with Gasteiger partial charge in [0.1, 0.15) is 17.3 Å². The lowest BCUT2D eigenvalue weighted by Crippen LogP contribution is -2.41. The summed E-state index contributed by atoms with van der Waals surface area (Å²) in [5, 5.41) is 10.2. The van der Waals surface area contributed by atoms with Gasteiger partial charge in [0.25, 0.3) is 5.91 Å². The third-order valence-electron chi connectivity index (χ3n) is 4.63. The first-order valence-electron chi connectivity index (χ1n) is 8.43. The van der Waals surface area contributed by atoms with Gasteiger partial charge in [-0.25, -0.2) is 24.2 Å². The summed E-state index contributed by atoms with van der Waals surface area (Å²) in [7, 11) is 0. The van der Waals surface area contributed by atoms with Gasteiger partial charge in [-0.05, 0) is 30.7 Å². The molecule has 0 saturated carbocycles. The van der Waals surface area contributed by atoms with E-state index in [4.69, 9.17) is 5.26 Å². The average molecular weight is 364 g/mol. The van der Waals surface area contributed by atoms with Crippen LogP contribution in [0.4, 0.5) is 8.78 Å². The second kappa shape index (κ2) is 6.41. The van der Waals surface area contributed by atoms with Crippen molar-refractivity contribution in [3.63, 3.8) is 0 Å². The zero-order chi connectivity index (χ0) is 19.1. The summed E-state index contributed by atoms with van der Waals surface area (Å²) in [4.78, 5) is 17.2. The van der Waals surface area contributed by atoms with Crippen LogP contribution in [-0.4, -0.2) is 22.7 Å². The lowest BCUT2D eigenvalue weighted by atomic mass is 9.97. The topological polar surface area (TPSA) is 68.5 Å². The highest BCUT2D eigenvalue weighted by molar-refractivity contribution is 6.47. The maximum atomic E-state index is 14.4. The Balaban J connectivity index is 1.85. The van der Waals surface area contributed by atoms with E-state index < -0.39 is 11.6 Å². The first-order chi connectivity index (χ1) is 13.0. The predicted octanol–water partition coefficient (Wildman–Crippen LogP) is 3.13. The van der Waals surface area contributed by atoms with Gasteiger partial charge >= 0.3 is 0 Å². The first-order valence-corrected chi connectivity index (χ1v) is 8.43. The summed E-state index contributed by atoms with van der Waals surface area (Å²) in [5.74, 6) is -1.40. The normalized spacial score (nSPS) is 18.6. The summed E-state index contributed by atoms with van der Waals surface area (Å²) in [6, 6.07) is 11.6. The van der Waals surface area contributed by atoms with Crippen LogP contribution in [0.2, 0.25) is 0 Å². The van der Waals surface area contributed by atoms with Gasteiger partial charge in [-0.3, -0.25) is 4.79 Å². The molecule has 134 valence electrons. The van der Waals surface area contributed by atoms with Crippen LogP contribution in [0, 0.1) is 23.0 Å². The van der Waals surface area contributed by atoms with Gasteiger partial charge in [0.2, 0.25) is 0 Å². The largest absolute Gasteiger partial charge is 0.293 e. The SMILES string of the molecule is CCC1NN2C(=O)C(c3ccc(C#N)cc3)=NC2=C1c1ccc(F)cc1F. The van der Waals surface area contributed by atoms with Crippen LogP contribution in [0.1, 0.15) is 30.0 Å². The molecule has 2 aliphatic rings. The van der Waals surface area contributed by atoms with Gasteiger partial charge in [0.05, 0.1) is 17.7 Å². The van der Waals surface area contributed by atoms with Crippen molar-refractivity contribution in [2.45, 2.75) is 19.4 Å². The molecule has 0 spiro atoms. The lowest BCUT2D eigenvalue weighted by Gasteiger charge is -2.16. The Morgan fingerprint density at radius 2 is 1.96 bits per heavy atom.